The molecule has 0 spiro atoms. The number of nitrogens with one attached hydrogen (secondary N) is 2. The highest BCUT2D eigenvalue weighted by atomic mass is 32.1. The summed E-state index contributed by atoms with van der Waals surface area (Å²) in [5.74, 6) is 0.663. The number of rotatable bonds is 6. The van der Waals surface area contributed by atoms with Crippen LogP contribution in [0.4, 0.5) is 16.8 Å². The third-order valence-electron chi connectivity index (χ3n) is 4.01. The Balaban J connectivity index is 1.96. The van der Waals surface area contributed by atoms with Crippen LogP contribution >= 0.6 is 11.3 Å². The van der Waals surface area contributed by atoms with Crippen molar-refractivity contribution in [2.45, 2.75) is 33.1 Å². The Labute approximate surface area is 161 Å². The van der Waals surface area contributed by atoms with E-state index in [0.717, 1.165) is 22.7 Å². The number of carbonyl (C=O) groups excluding carboxylic acids is 1. The summed E-state index contributed by atoms with van der Waals surface area (Å²) in [5, 5.41) is 16.0. The highest BCUT2D eigenvalue weighted by Gasteiger charge is 2.19. The molecule has 1 atom stereocenters. The molecule has 0 aliphatic carbocycles. The lowest BCUT2D eigenvalue weighted by atomic mass is 10.0. The molecule has 2 aromatic heterocycles. The first-order valence-electron chi connectivity index (χ1n) is 8.64. The van der Waals surface area contributed by atoms with Gasteiger partial charge < -0.3 is 15.7 Å². The summed E-state index contributed by atoms with van der Waals surface area (Å²) in [6.45, 7) is 5.66. The number of aromatic nitrogens is 3. The number of benzene rings is 1. The Hall–Kier alpha value is -3.00. The summed E-state index contributed by atoms with van der Waals surface area (Å²) < 4.78 is 0. The maximum Gasteiger partial charge on any atom is 0.227 e. The number of phenolic OH excluding ortho intramolecular Hbond substituents is 1. The number of amides is 1. The number of aromatic hydroxyl groups is 1. The van der Waals surface area contributed by atoms with Crippen LogP contribution in [0.1, 0.15) is 38.8 Å². The number of phenols is 1. The zero-order valence-corrected chi connectivity index (χ0v) is 16.2. The predicted octanol–water partition coefficient (Wildman–Crippen LogP) is 4.52. The van der Waals surface area contributed by atoms with Gasteiger partial charge in [-0.05, 0) is 30.5 Å². The van der Waals surface area contributed by atoms with Crippen molar-refractivity contribution >= 4 is 34.0 Å². The standard InChI is InChI=1S/C19H21N5O2S/c1-4-11(2)16-17(27-19(24-16)21-12(3)25)15-8-9-20-18(23-15)22-13-6-5-7-14(26)10-13/h5-11,26H,4H2,1-3H3,(H,20,22,23)(H,21,24,25). The average Bonchev–Trinajstić information content (AvgIpc) is 3.04. The third-order valence-corrected chi connectivity index (χ3v) is 5.02. The van der Waals surface area contributed by atoms with Crippen molar-refractivity contribution < 1.29 is 9.90 Å². The Kier molecular flexibility index (Phi) is 5.66. The van der Waals surface area contributed by atoms with Crippen LogP contribution in [0.15, 0.2) is 36.5 Å². The number of carbonyl (C=O) groups is 1. The van der Waals surface area contributed by atoms with Gasteiger partial charge in [0.15, 0.2) is 5.13 Å². The summed E-state index contributed by atoms with van der Waals surface area (Å²) in [5.41, 5.74) is 2.34. The number of hydrogen-bond donors (Lipinski definition) is 3. The molecule has 7 nitrogen and oxygen atoms in total. The highest BCUT2D eigenvalue weighted by Crippen LogP contribution is 2.37. The largest absolute Gasteiger partial charge is 0.508 e. The van der Waals surface area contributed by atoms with Crippen molar-refractivity contribution in [2.75, 3.05) is 10.6 Å². The van der Waals surface area contributed by atoms with Gasteiger partial charge in [-0.25, -0.2) is 15.0 Å². The fourth-order valence-corrected chi connectivity index (χ4v) is 3.61. The lowest BCUT2D eigenvalue weighted by molar-refractivity contribution is -0.114. The summed E-state index contributed by atoms with van der Waals surface area (Å²) in [6.07, 6.45) is 2.60. The molecule has 3 N–H and O–H groups in total. The lowest BCUT2D eigenvalue weighted by Gasteiger charge is -2.09. The maximum atomic E-state index is 11.4. The third kappa shape index (κ3) is 4.59. The van der Waals surface area contributed by atoms with E-state index in [9.17, 15) is 9.90 Å². The van der Waals surface area contributed by atoms with Crippen LogP contribution in [0, 0.1) is 0 Å². The van der Waals surface area contributed by atoms with Gasteiger partial charge in [-0.15, -0.1) is 0 Å². The summed E-state index contributed by atoms with van der Waals surface area (Å²) >= 11 is 1.40. The van der Waals surface area contributed by atoms with E-state index in [2.05, 4.69) is 39.4 Å². The van der Waals surface area contributed by atoms with Gasteiger partial charge in [0.05, 0.1) is 16.3 Å². The molecule has 0 saturated carbocycles. The van der Waals surface area contributed by atoms with E-state index in [4.69, 9.17) is 0 Å². The molecule has 140 valence electrons. The Morgan fingerprint density at radius 3 is 2.81 bits per heavy atom. The van der Waals surface area contributed by atoms with Gasteiger partial charge in [-0.2, -0.15) is 0 Å². The van der Waals surface area contributed by atoms with Gasteiger partial charge in [0, 0.05) is 24.9 Å². The van der Waals surface area contributed by atoms with Gasteiger partial charge in [0.2, 0.25) is 11.9 Å². The first-order chi connectivity index (χ1) is 13.0. The minimum atomic E-state index is -0.153. The monoisotopic (exact) mass is 383 g/mol. The van der Waals surface area contributed by atoms with E-state index in [-0.39, 0.29) is 17.6 Å². The van der Waals surface area contributed by atoms with E-state index in [1.54, 1.807) is 24.4 Å². The number of thiazole rings is 1. The second-order valence-electron chi connectivity index (χ2n) is 6.16. The van der Waals surface area contributed by atoms with Crippen molar-refractivity contribution in [1.29, 1.82) is 0 Å². The van der Waals surface area contributed by atoms with Crippen LogP contribution in [-0.4, -0.2) is 26.0 Å². The average molecular weight is 383 g/mol. The van der Waals surface area contributed by atoms with Crippen LogP contribution in [0.3, 0.4) is 0 Å². The molecule has 0 aliphatic rings. The van der Waals surface area contributed by atoms with E-state index in [0.29, 0.717) is 16.8 Å². The van der Waals surface area contributed by atoms with E-state index in [1.807, 2.05) is 12.1 Å². The van der Waals surface area contributed by atoms with Crippen LogP contribution in [0.25, 0.3) is 10.6 Å². The second-order valence-corrected chi connectivity index (χ2v) is 7.16. The minimum Gasteiger partial charge on any atom is -0.508 e. The SMILES string of the molecule is CCC(C)c1nc(NC(C)=O)sc1-c1ccnc(Nc2cccc(O)c2)n1. The molecule has 27 heavy (non-hydrogen) atoms. The first kappa shape index (κ1) is 18.8. The number of nitrogens with zero attached hydrogens (tertiary/aromatic N) is 3. The molecule has 0 saturated heterocycles. The van der Waals surface area contributed by atoms with E-state index < -0.39 is 0 Å². The summed E-state index contributed by atoms with van der Waals surface area (Å²) in [7, 11) is 0. The summed E-state index contributed by atoms with van der Waals surface area (Å²) in [6, 6.07) is 8.59. The fourth-order valence-electron chi connectivity index (χ4n) is 2.50. The topological polar surface area (TPSA) is 100 Å². The smallest absolute Gasteiger partial charge is 0.227 e. The van der Waals surface area contributed by atoms with Crippen LogP contribution in [0.2, 0.25) is 0 Å². The molecule has 3 aromatic rings. The predicted molar refractivity (Wildman–Crippen MR) is 108 cm³/mol. The Bertz CT molecular complexity index is 957. The molecule has 8 heteroatoms. The van der Waals surface area contributed by atoms with Gasteiger partial charge in [-0.3, -0.25) is 4.79 Å². The van der Waals surface area contributed by atoms with Crippen molar-refractivity contribution in [3.8, 4) is 16.3 Å². The molecule has 0 fully saturated rings. The zero-order valence-electron chi connectivity index (χ0n) is 15.4. The minimum absolute atomic E-state index is 0.153. The normalized spacial score (nSPS) is 11.8. The first-order valence-corrected chi connectivity index (χ1v) is 9.45. The molecule has 1 aromatic carbocycles. The second kappa shape index (κ2) is 8.13. The quantitative estimate of drug-likeness (QED) is 0.579. The number of anilines is 3. The lowest BCUT2D eigenvalue weighted by Crippen LogP contribution is -2.05. The molecule has 0 radical (unpaired) electrons. The molecular weight excluding hydrogens is 362 g/mol. The summed E-state index contributed by atoms with van der Waals surface area (Å²) in [4.78, 5) is 25.7. The molecular formula is C19H21N5O2S. The highest BCUT2D eigenvalue weighted by molar-refractivity contribution is 7.19. The van der Waals surface area contributed by atoms with Crippen LogP contribution in [-0.2, 0) is 4.79 Å². The van der Waals surface area contributed by atoms with Crippen molar-refractivity contribution in [1.82, 2.24) is 15.0 Å². The van der Waals surface area contributed by atoms with Gasteiger partial charge in [0.1, 0.15) is 5.75 Å². The van der Waals surface area contributed by atoms with Crippen LogP contribution in [0.5, 0.6) is 5.75 Å². The van der Waals surface area contributed by atoms with Crippen molar-refractivity contribution in [3.05, 3.63) is 42.2 Å². The number of hydrogen-bond acceptors (Lipinski definition) is 7. The van der Waals surface area contributed by atoms with E-state index >= 15 is 0 Å². The van der Waals surface area contributed by atoms with Crippen molar-refractivity contribution in [3.63, 3.8) is 0 Å². The molecule has 0 bridgehead atoms. The van der Waals surface area contributed by atoms with Gasteiger partial charge in [0.25, 0.3) is 0 Å². The zero-order chi connectivity index (χ0) is 19.4. The molecule has 0 aliphatic heterocycles. The Morgan fingerprint density at radius 1 is 1.30 bits per heavy atom. The molecule has 1 amide bonds. The van der Waals surface area contributed by atoms with Crippen molar-refractivity contribution in [2.24, 2.45) is 0 Å². The van der Waals surface area contributed by atoms with Gasteiger partial charge in [-0.1, -0.05) is 31.3 Å². The molecule has 2 heterocycles. The molecule has 3 rings (SSSR count). The fraction of sp³-hybridized carbons (Fsp3) is 0.263. The van der Waals surface area contributed by atoms with Crippen LogP contribution < -0.4 is 10.6 Å². The molecule has 1 unspecified atom stereocenters. The van der Waals surface area contributed by atoms with Gasteiger partial charge >= 0.3 is 0 Å². The Morgan fingerprint density at radius 2 is 2.11 bits per heavy atom. The maximum absolute atomic E-state index is 11.4. The van der Waals surface area contributed by atoms with E-state index in [1.165, 1.54) is 18.3 Å².